The second kappa shape index (κ2) is 11.9. The molecule has 3 aromatic carbocycles. The third-order valence-electron chi connectivity index (χ3n) is 6.99. The fraction of sp³-hybridized carbons (Fsp3) is 0.156. The molecule has 1 amide bonds. The van der Waals surface area contributed by atoms with Gasteiger partial charge in [0, 0.05) is 24.5 Å². The number of phenols is 1. The highest BCUT2D eigenvalue weighted by Gasteiger charge is 2.46. The van der Waals surface area contributed by atoms with Gasteiger partial charge in [0.25, 0.3) is 11.7 Å². The molecule has 1 atom stereocenters. The summed E-state index contributed by atoms with van der Waals surface area (Å²) in [5.74, 6) is -1.29. The normalized spacial score (nSPS) is 16.2. The third-order valence-corrected chi connectivity index (χ3v) is 7.59. The number of halogens is 1. The molecule has 1 aliphatic rings. The zero-order valence-corrected chi connectivity index (χ0v) is 24.0. The van der Waals surface area contributed by atoms with Gasteiger partial charge in [0.1, 0.15) is 18.1 Å². The van der Waals surface area contributed by atoms with Crippen LogP contribution in [0.2, 0.25) is 0 Å². The van der Waals surface area contributed by atoms with E-state index in [0.717, 1.165) is 11.1 Å². The number of aromatic nitrogens is 1. The van der Waals surface area contributed by atoms with E-state index >= 15 is 0 Å². The minimum Gasteiger partial charge on any atom is -0.507 e. The number of Topliss-reactive ketones (excluding diaryl/α,β-unsaturated/α-hetero) is 1. The Morgan fingerprint density at radius 3 is 2.49 bits per heavy atom. The van der Waals surface area contributed by atoms with Gasteiger partial charge in [-0.3, -0.25) is 14.6 Å². The lowest BCUT2D eigenvalue weighted by Crippen LogP contribution is -2.29. The van der Waals surface area contributed by atoms with Crippen molar-refractivity contribution in [3.8, 4) is 17.2 Å². The highest BCUT2D eigenvalue weighted by atomic mass is 79.9. The summed E-state index contributed by atoms with van der Waals surface area (Å²) in [5.41, 5.74) is 3.63. The van der Waals surface area contributed by atoms with Crippen LogP contribution < -0.4 is 9.47 Å². The molecule has 4 aromatic rings. The van der Waals surface area contributed by atoms with E-state index in [0.29, 0.717) is 33.5 Å². The standard InChI is InChI=1S/C32H27BrN2O6/c1-19-6-3-4-8-22(19)18-41-24-11-9-21(10-12-24)29(36)27-28(23-14-25(33)30(37)26(15-23)40-2)35(32(39)31(27)38)17-20-7-5-13-34-16-20/h3-16,28,36-37H,17-18H2,1-2H3. The summed E-state index contributed by atoms with van der Waals surface area (Å²) in [6.45, 7) is 2.48. The Hall–Kier alpha value is -4.63. The molecule has 208 valence electrons. The Labute approximate surface area is 245 Å². The van der Waals surface area contributed by atoms with Crippen molar-refractivity contribution in [2.45, 2.75) is 26.1 Å². The number of carbonyl (C=O) groups excluding carboxylic acids is 2. The predicted molar refractivity (Wildman–Crippen MR) is 156 cm³/mol. The molecule has 1 fully saturated rings. The molecule has 2 heterocycles. The number of hydrogen-bond donors (Lipinski definition) is 2. The van der Waals surface area contributed by atoms with E-state index in [-0.39, 0.29) is 29.4 Å². The number of benzene rings is 3. The zero-order chi connectivity index (χ0) is 29.1. The Balaban J connectivity index is 1.53. The zero-order valence-electron chi connectivity index (χ0n) is 22.4. The second-order valence-corrected chi connectivity index (χ2v) is 10.4. The van der Waals surface area contributed by atoms with Gasteiger partial charge in [0.05, 0.1) is 23.2 Å². The smallest absolute Gasteiger partial charge is 0.295 e. The van der Waals surface area contributed by atoms with Crippen molar-refractivity contribution >= 4 is 33.4 Å². The molecule has 1 aliphatic heterocycles. The highest BCUT2D eigenvalue weighted by molar-refractivity contribution is 9.10. The van der Waals surface area contributed by atoms with Gasteiger partial charge in [-0.25, -0.2) is 0 Å². The number of aliphatic hydroxyl groups is 1. The van der Waals surface area contributed by atoms with Crippen molar-refractivity contribution in [3.05, 3.63) is 123 Å². The Bertz CT molecular complexity index is 1640. The number of ketones is 1. The van der Waals surface area contributed by atoms with Gasteiger partial charge in [-0.05, 0) is 87.6 Å². The van der Waals surface area contributed by atoms with E-state index in [1.54, 1.807) is 60.9 Å². The topological polar surface area (TPSA) is 109 Å². The number of likely N-dealkylation sites (tertiary alicyclic amines) is 1. The van der Waals surface area contributed by atoms with E-state index in [2.05, 4.69) is 20.9 Å². The molecule has 8 nitrogen and oxygen atoms in total. The maximum absolute atomic E-state index is 13.4. The number of carbonyl (C=O) groups is 2. The van der Waals surface area contributed by atoms with Crippen LogP contribution >= 0.6 is 15.9 Å². The molecule has 9 heteroatoms. The van der Waals surface area contributed by atoms with Gasteiger partial charge in [0.15, 0.2) is 11.5 Å². The van der Waals surface area contributed by atoms with Crippen LogP contribution in [-0.4, -0.2) is 38.9 Å². The summed E-state index contributed by atoms with van der Waals surface area (Å²) < 4.78 is 11.6. The van der Waals surface area contributed by atoms with Crippen LogP contribution in [0, 0.1) is 6.92 Å². The summed E-state index contributed by atoms with van der Waals surface area (Å²) >= 11 is 3.33. The van der Waals surface area contributed by atoms with E-state index in [1.807, 2.05) is 31.2 Å². The number of aliphatic hydroxyl groups excluding tert-OH is 1. The van der Waals surface area contributed by atoms with Crippen molar-refractivity contribution in [2.75, 3.05) is 7.11 Å². The van der Waals surface area contributed by atoms with Gasteiger partial charge < -0.3 is 24.6 Å². The van der Waals surface area contributed by atoms with Gasteiger partial charge in [-0.2, -0.15) is 0 Å². The molecule has 0 bridgehead atoms. The first-order valence-corrected chi connectivity index (χ1v) is 13.6. The van der Waals surface area contributed by atoms with E-state index < -0.39 is 17.7 Å². The quantitative estimate of drug-likeness (QED) is 0.141. The molecule has 1 unspecified atom stereocenters. The largest absolute Gasteiger partial charge is 0.507 e. The molecule has 1 aromatic heterocycles. The van der Waals surface area contributed by atoms with Crippen LogP contribution in [0.15, 0.2) is 95.2 Å². The number of amides is 1. The lowest BCUT2D eigenvalue weighted by Gasteiger charge is -2.26. The number of methoxy groups -OCH3 is 1. The molecule has 0 saturated carbocycles. The van der Waals surface area contributed by atoms with Crippen LogP contribution in [0.1, 0.15) is 33.9 Å². The molecule has 1 saturated heterocycles. The minimum atomic E-state index is -0.960. The van der Waals surface area contributed by atoms with Gasteiger partial charge in [-0.1, -0.05) is 30.3 Å². The van der Waals surface area contributed by atoms with Crippen molar-refractivity contribution in [1.82, 2.24) is 9.88 Å². The van der Waals surface area contributed by atoms with Crippen molar-refractivity contribution < 1.29 is 29.3 Å². The van der Waals surface area contributed by atoms with Crippen LogP contribution in [0.5, 0.6) is 17.2 Å². The van der Waals surface area contributed by atoms with Crippen LogP contribution in [-0.2, 0) is 22.7 Å². The number of aromatic hydroxyl groups is 1. The minimum absolute atomic E-state index is 0.0757. The van der Waals surface area contributed by atoms with Crippen LogP contribution in [0.25, 0.3) is 5.76 Å². The average molecular weight is 615 g/mol. The lowest BCUT2D eigenvalue weighted by atomic mass is 9.94. The molecule has 0 radical (unpaired) electrons. The van der Waals surface area contributed by atoms with Crippen LogP contribution in [0.4, 0.5) is 0 Å². The van der Waals surface area contributed by atoms with Crippen molar-refractivity contribution in [3.63, 3.8) is 0 Å². The summed E-state index contributed by atoms with van der Waals surface area (Å²) in [4.78, 5) is 32.3. The van der Waals surface area contributed by atoms with E-state index in [9.17, 15) is 19.8 Å². The number of phenolic OH excluding ortho intramolecular Hbond substituents is 1. The summed E-state index contributed by atoms with van der Waals surface area (Å²) in [6, 6.07) is 20.3. The summed E-state index contributed by atoms with van der Waals surface area (Å²) in [5, 5.41) is 21.8. The fourth-order valence-electron chi connectivity index (χ4n) is 4.78. The first kappa shape index (κ1) is 27.9. The Kier molecular flexibility index (Phi) is 8.07. The van der Waals surface area contributed by atoms with Gasteiger partial charge in [0.2, 0.25) is 0 Å². The number of hydrogen-bond acceptors (Lipinski definition) is 7. The molecular formula is C32H27BrN2O6. The SMILES string of the molecule is COc1cc(C2C(=C(O)c3ccc(OCc4ccccc4C)cc3)C(=O)C(=O)N2Cc2cccnc2)cc(Br)c1O. The van der Waals surface area contributed by atoms with Crippen LogP contribution in [0.3, 0.4) is 0 Å². The maximum Gasteiger partial charge on any atom is 0.295 e. The first-order valence-electron chi connectivity index (χ1n) is 12.8. The van der Waals surface area contributed by atoms with E-state index in [4.69, 9.17) is 9.47 Å². The number of ether oxygens (including phenoxy) is 2. The molecule has 0 spiro atoms. The predicted octanol–water partition coefficient (Wildman–Crippen LogP) is 6.07. The lowest BCUT2D eigenvalue weighted by molar-refractivity contribution is -0.140. The molecule has 0 aliphatic carbocycles. The Morgan fingerprint density at radius 1 is 1.05 bits per heavy atom. The number of pyridine rings is 1. The molecular weight excluding hydrogens is 588 g/mol. The molecule has 41 heavy (non-hydrogen) atoms. The maximum atomic E-state index is 13.4. The monoisotopic (exact) mass is 614 g/mol. The second-order valence-electron chi connectivity index (χ2n) is 9.58. The van der Waals surface area contributed by atoms with Gasteiger partial charge in [-0.15, -0.1) is 0 Å². The Morgan fingerprint density at radius 2 is 1.80 bits per heavy atom. The van der Waals surface area contributed by atoms with E-state index in [1.165, 1.54) is 12.0 Å². The molecule has 2 N–H and O–H groups in total. The summed E-state index contributed by atoms with van der Waals surface area (Å²) in [7, 11) is 1.40. The number of rotatable bonds is 8. The fourth-order valence-corrected chi connectivity index (χ4v) is 5.24. The highest BCUT2D eigenvalue weighted by Crippen LogP contribution is 2.45. The van der Waals surface area contributed by atoms with Gasteiger partial charge >= 0.3 is 0 Å². The average Bonchev–Trinajstić information content (AvgIpc) is 3.23. The van der Waals surface area contributed by atoms with Crippen molar-refractivity contribution in [1.29, 1.82) is 0 Å². The summed E-state index contributed by atoms with van der Waals surface area (Å²) in [6.07, 6.45) is 3.23. The first-order chi connectivity index (χ1) is 19.8. The number of nitrogens with zero attached hydrogens (tertiary/aromatic N) is 2. The molecule has 5 rings (SSSR count). The number of aryl methyl sites for hydroxylation is 1. The van der Waals surface area contributed by atoms with Crippen molar-refractivity contribution in [2.24, 2.45) is 0 Å². The third kappa shape index (κ3) is 5.67.